The van der Waals surface area contributed by atoms with Crippen LogP contribution >= 0.6 is 0 Å². The van der Waals surface area contributed by atoms with Gasteiger partial charge in [0.15, 0.2) is 0 Å². The van der Waals surface area contributed by atoms with Crippen LogP contribution in [0.1, 0.15) is 82.6 Å². The smallest absolute Gasteiger partial charge is 0.0540 e. The summed E-state index contributed by atoms with van der Waals surface area (Å²) in [5.41, 5.74) is 17.8. The van der Waals surface area contributed by atoms with Crippen LogP contribution in [0.15, 0.2) is 206 Å². The highest BCUT2D eigenvalue weighted by Crippen LogP contribution is 2.53. The van der Waals surface area contributed by atoms with Crippen LogP contribution in [0.3, 0.4) is 0 Å². The molecule has 0 bridgehead atoms. The van der Waals surface area contributed by atoms with E-state index in [0.717, 1.165) is 35.6 Å². The van der Waals surface area contributed by atoms with E-state index >= 15 is 0 Å². The molecule has 0 heterocycles. The summed E-state index contributed by atoms with van der Waals surface area (Å²) in [4.78, 5) is 4.85. The highest BCUT2D eigenvalue weighted by Gasteiger charge is 2.42. The summed E-state index contributed by atoms with van der Waals surface area (Å²) >= 11 is 0. The van der Waals surface area contributed by atoms with Crippen molar-refractivity contribution in [1.29, 1.82) is 0 Å². The summed E-state index contributed by atoms with van der Waals surface area (Å²) in [6.45, 7) is 12.0. The van der Waals surface area contributed by atoms with E-state index in [1.807, 2.05) is 0 Å². The molecular weight excluding hydrogens is 761 g/mol. The summed E-state index contributed by atoms with van der Waals surface area (Å²) < 4.78 is 0. The molecule has 1 fully saturated rings. The minimum Gasteiger partial charge on any atom is -0.310 e. The molecule has 0 radical (unpaired) electrons. The first-order chi connectivity index (χ1) is 30.6. The minimum absolute atomic E-state index is 0.0780. The lowest BCUT2D eigenvalue weighted by molar-refractivity contribution is 0.146. The zero-order valence-electron chi connectivity index (χ0n) is 37.4. The van der Waals surface area contributed by atoms with Crippen LogP contribution in [-0.4, -0.2) is 0 Å². The lowest BCUT2D eigenvalue weighted by Crippen LogP contribution is -2.36. The fourth-order valence-corrected chi connectivity index (χ4v) is 11.0. The second-order valence-corrected chi connectivity index (χ2v) is 19.4. The van der Waals surface area contributed by atoms with Crippen LogP contribution in [0.5, 0.6) is 0 Å². The van der Waals surface area contributed by atoms with Gasteiger partial charge in [-0.15, -0.1) is 0 Å². The van der Waals surface area contributed by atoms with Gasteiger partial charge < -0.3 is 9.80 Å². The van der Waals surface area contributed by atoms with Crippen molar-refractivity contribution in [3.05, 3.63) is 229 Å². The number of nitrogens with zero attached hydrogens (tertiary/aromatic N) is 2. The number of benzene rings is 8. The highest BCUT2D eigenvalue weighted by atomic mass is 15.1. The molecule has 0 amide bonds. The van der Waals surface area contributed by atoms with Crippen molar-refractivity contribution in [1.82, 2.24) is 0 Å². The number of hydrogen-bond acceptors (Lipinski definition) is 2. The molecule has 2 heteroatoms. The van der Waals surface area contributed by atoms with Crippen molar-refractivity contribution in [2.75, 3.05) is 9.80 Å². The Morgan fingerprint density at radius 2 is 0.857 bits per heavy atom. The number of anilines is 6. The van der Waals surface area contributed by atoms with Crippen LogP contribution in [0.25, 0.3) is 22.3 Å². The molecule has 0 spiro atoms. The third kappa shape index (κ3) is 7.36. The second kappa shape index (κ2) is 16.2. The molecule has 0 N–H and O–H groups in total. The molecule has 0 aliphatic heterocycles. The average Bonchev–Trinajstić information content (AvgIpc) is 3.55. The van der Waals surface area contributed by atoms with Gasteiger partial charge in [0.2, 0.25) is 0 Å². The number of hydrogen-bond donors (Lipinski definition) is 0. The van der Waals surface area contributed by atoms with Crippen LogP contribution in [0, 0.1) is 11.3 Å². The first-order valence-electron chi connectivity index (χ1n) is 22.9. The van der Waals surface area contributed by atoms with Crippen molar-refractivity contribution < 1.29 is 0 Å². The standard InChI is InChI=1S/C61H58N2/c1-59(2,3)45-39-41-61(42-40-45,47-31-35-51(36-32-47)63(49-23-13-8-14-24-49)58-28-18-16-25-53(58)44-19-9-6-10-20-44)46-29-33-50(34-30-46)62(48-21-11-7-12-22-48)52-37-38-55-54-26-15-17-27-56(54)60(4,5)57(55)43-52/h6-38,43,45H,39-42H2,1-5H3. The fourth-order valence-electron chi connectivity index (χ4n) is 11.0. The molecule has 0 aromatic heterocycles. The fraction of sp³-hybridized carbons (Fsp3) is 0.213. The van der Waals surface area contributed by atoms with E-state index in [1.54, 1.807) is 0 Å². The number of para-hydroxylation sites is 3. The zero-order chi connectivity index (χ0) is 43.2. The monoisotopic (exact) mass is 818 g/mol. The van der Waals surface area contributed by atoms with Crippen molar-refractivity contribution in [2.24, 2.45) is 11.3 Å². The maximum atomic E-state index is 2.44. The Labute approximate surface area is 375 Å². The summed E-state index contributed by atoms with van der Waals surface area (Å²) in [6, 6.07) is 76.4. The lowest BCUT2D eigenvalue weighted by atomic mass is 9.59. The Bertz CT molecular complexity index is 2830. The second-order valence-electron chi connectivity index (χ2n) is 19.4. The van der Waals surface area contributed by atoms with Gasteiger partial charge in [0, 0.05) is 44.8 Å². The SMILES string of the molecule is CC1(C)c2ccccc2-c2ccc(N(c3ccccc3)c3ccc(C4(c5ccc(N(c6ccccc6)c6ccccc6-c6ccccc6)cc5)CCC(C(C)(C)C)CC4)cc3)cc21. The van der Waals surface area contributed by atoms with E-state index in [0.29, 0.717) is 5.92 Å². The first-order valence-corrected chi connectivity index (χ1v) is 22.9. The van der Waals surface area contributed by atoms with Gasteiger partial charge in [0.1, 0.15) is 0 Å². The Morgan fingerprint density at radius 1 is 0.413 bits per heavy atom. The van der Waals surface area contributed by atoms with Gasteiger partial charge in [-0.25, -0.2) is 0 Å². The van der Waals surface area contributed by atoms with E-state index in [-0.39, 0.29) is 16.2 Å². The minimum atomic E-state index is -0.0979. The first kappa shape index (κ1) is 40.4. The molecule has 0 atom stereocenters. The predicted octanol–water partition coefficient (Wildman–Crippen LogP) is 17.1. The van der Waals surface area contributed by atoms with E-state index in [1.165, 1.54) is 68.7 Å². The molecule has 2 aliphatic carbocycles. The normalized spacial score (nSPS) is 17.7. The third-order valence-corrected chi connectivity index (χ3v) is 14.5. The summed E-state index contributed by atoms with van der Waals surface area (Å²) in [5.74, 6) is 0.691. The quantitative estimate of drug-likeness (QED) is 0.143. The maximum Gasteiger partial charge on any atom is 0.0540 e. The zero-order valence-corrected chi connectivity index (χ0v) is 37.4. The van der Waals surface area contributed by atoms with Crippen LogP contribution in [0.4, 0.5) is 34.1 Å². The Kier molecular flexibility index (Phi) is 10.4. The summed E-state index contributed by atoms with van der Waals surface area (Å²) in [5, 5.41) is 0. The van der Waals surface area contributed by atoms with Gasteiger partial charge in [-0.05, 0) is 143 Å². The maximum absolute atomic E-state index is 2.44. The van der Waals surface area contributed by atoms with Crippen molar-refractivity contribution in [3.8, 4) is 22.3 Å². The van der Waals surface area contributed by atoms with E-state index in [9.17, 15) is 0 Å². The van der Waals surface area contributed by atoms with Gasteiger partial charge in [-0.1, -0.05) is 174 Å². The van der Waals surface area contributed by atoms with E-state index < -0.39 is 0 Å². The molecule has 0 saturated heterocycles. The molecule has 8 aromatic rings. The number of rotatable bonds is 9. The molecule has 8 aromatic carbocycles. The molecular formula is C61H58N2. The van der Waals surface area contributed by atoms with Crippen LogP contribution < -0.4 is 9.80 Å². The third-order valence-electron chi connectivity index (χ3n) is 14.5. The Balaban J connectivity index is 1.04. The van der Waals surface area contributed by atoms with Gasteiger partial charge in [-0.2, -0.15) is 0 Å². The molecule has 63 heavy (non-hydrogen) atoms. The average molecular weight is 819 g/mol. The molecule has 2 nitrogen and oxygen atoms in total. The van der Waals surface area contributed by atoms with Crippen molar-refractivity contribution in [3.63, 3.8) is 0 Å². The van der Waals surface area contributed by atoms with E-state index in [2.05, 4.69) is 251 Å². The lowest BCUT2D eigenvalue weighted by Gasteiger charge is -2.45. The number of fused-ring (bicyclic) bond motifs is 3. The summed E-state index contributed by atoms with van der Waals surface area (Å²) in [6.07, 6.45) is 4.65. The van der Waals surface area contributed by atoms with Gasteiger partial charge >= 0.3 is 0 Å². The Hall–Kier alpha value is -6.64. The van der Waals surface area contributed by atoms with Gasteiger partial charge in [0.25, 0.3) is 0 Å². The summed E-state index contributed by atoms with van der Waals surface area (Å²) in [7, 11) is 0. The highest BCUT2D eigenvalue weighted by molar-refractivity contribution is 5.88. The molecule has 312 valence electrons. The Morgan fingerprint density at radius 3 is 1.44 bits per heavy atom. The topological polar surface area (TPSA) is 6.48 Å². The van der Waals surface area contributed by atoms with Crippen LogP contribution in [-0.2, 0) is 10.8 Å². The van der Waals surface area contributed by atoms with Crippen molar-refractivity contribution in [2.45, 2.75) is 71.1 Å². The molecule has 1 saturated carbocycles. The molecule has 2 aliphatic rings. The van der Waals surface area contributed by atoms with Crippen molar-refractivity contribution >= 4 is 34.1 Å². The van der Waals surface area contributed by atoms with Gasteiger partial charge in [-0.3, -0.25) is 0 Å². The van der Waals surface area contributed by atoms with Gasteiger partial charge in [0.05, 0.1) is 5.69 Å². The largest absolute Gasteiger partial charge is 0.310 e. The molecule has 0 unspecified atom stereocenters. The molecule has 10 rings (SSSR count). The van der Waals surface area contributed by atoms with Crippen LogP contribution in [0.2, 0.25) is 0 Å². The predicted molar refractivity (Wildman–Crippen MR) is 267 cm³/mol. The van der Waals surface area contributed by atoms with E-state index in [4.69, 9.17) is 0 Å².